The van der Waals surface area contributed by atoms with Crippen LogP contribution in [0.2, 0.25) is 0 Å². The molecule has 1 aromatic carbocycles. The summed E-state index contributed by atoms with van der Waals surface area (Å²) in [5, 5.41) is 3.21. The number of carbonyl (C=O) groups excluding carboxylic acids is 4. The molecular weight excluding hydrogens is 582 g/mol. The summed E-state index contributed by atoms with van der Waals surface area (Å²) in [7, 11) is 1.33. The van der Waals surface area contributed by atoms with Crippen molar-refractivity contribution in [3.8, 4) is 10.4 Å². The Hall–Kier alpha value is -3.44. The molecule has 4 heterocycles. The van der Waals surface area contributed by atoms with Gasteiger partial charge in [0.05, 0.1) is 23.7 Å². The van der Waals surface area contributed by atoms with Crippen molar-refractivity contribution in [2.45, 2.75) is 84.0 Å². The van der Waals surface area contributed by atoms with Crippen LogP contribution in [0.5, 0.6) is 0 Å². The standard InChI is InChI=1S/C33H43N3O7S/c1-31(2,3)43-30(40)34-26-24(18-25(44-26)21-8-10-22(11-9-21)28(38)41-6)27(37)35-16-12-23(13-17-35)36-15-7-14-33(20-36)19-32(4,5)42-29(33)39/h8-11,18,23H,7,12-17,19-20H2,1-6H3,(H,34,40). The molecule has 1 unspecified atom stereocenters. The smallest absolute Gasteiger partial charge is 0.412 e. The largest absolute Gasteiger partial charge is 0.465 e. The van der Waals surface area contributed by atoms with Crippen LogP contribution in [-0.4, -0.2) is 84.3 Å². The van der Waals surface area contributed by atoms with Crippen LogP contribution >= 0.6 is 11.3 Å². The average molecular weight is 626 g/mol. The Morgan fingerprint density at radius 3 is 2.34 bits per heavy atom. The SMILES string of the molecule is COC(=O)c1ccc(-c2cc(C(=O)N3CCC(N4CCCC5(C4)CC(C)(C)OC5=O)CC3)c(NC(=O)OC(C)(C)C)s2)cc1. The number of likely N-dealkylation sites (tertiary alicyclic amines) is 2. The minimum Gasteiger partial charge on any atom is -0.465 e. The fraction of sp³-hybridized carbons (Fsp3) is 0.576. The molecular formula is C33H43N3O7S. The van der Waals surface area contributed by atoms with Crippen molar-refractivity contribution in [3.05, 3.63) is 41.5 Å². The Kier molecular flexibility index (Phi) is 8.83. The number of thiophene rings is 1. The van der Waals surface area contributed by atoms with Gasteiger partial charge < -0.3 is 19.1 Å². The van der Waals surface area contributed by atoms with Gasteiger partial charge in [-0.05, 0) is 90.6 Å². The number of hydrogen-bond acceptors (Lipinski definition) is 9. The normalized spacial score (nSPS) is 22.5. The molecule has 238 valence electrons. The molecule has 2 aromatic rings. The van der Waals surface area contributed by atoms with Gasteiger partial charge in [0.25, 0.3) is 5.91 Å². The van der Waals surface area contributed by atoms with E-state index in [2.05, 4.69) is 10.2 Å². The van der Waals surface area contributed by atoms with Crippen LogP contribution in [0, 0.1) is 5.41 Å². The number of hydrogen-bond donors (Lipinski definition) is 1. The lowest BCUT2D eigenvalue weighted by Gasteiger charge is -2.44. The predicted molar refractivity (Wildman–Crippen MR) is 168 cm³/mol. The minimum atomic E-state index is -0.696. The van der Waals surface area contributed by atoms with Crippen LogP contribution in [-0.2, 0) is 19.0 Å². The van der Waals surface area contributed by atoms with Gasteiger partial charge in [0.2, 0.25) is 0 Å². The number of carbonyl (C=O) groups is 4. The Morgan fingerprint density at radius 2 is 1.75 bits per heavy atom. The molecule has 0 radical (unpaired) electrons. The van der Waals surface area contributed by atoms with Crippen molar-refractivity contribution in [3.63, 3.8) is 0 Å². The van der Waals surface area contributed by atoms with Gasteiger partial charge in [0.15, 0.2) is 0 Å². The summed E-state index contributed by atoms with van der Waals surface area (Å²) in [6.45, 7) is 12.1. The number of piperidine rings is 2. The average Bonchev–Trinajstić information content (AvgIpc) is 3.47. The van der Waals surface area contributed by atoms with Crippen molar-refractivity contribution in [1.82, 2.24) is 9.80 Å². The highest BCUT2D eigenvalue weighted by Crippen LogP contribution is 2.47. The van der Waals surface area contributed by atoms with Gasteiger partial charge in [-0.3, -0.25) is 19.8 Å². The summed E-state index contributed by atoms with van der Waals surface area (Å²) >= 11 is 1.29. The third-order valence-corrected chi connectivity index (χ3v) is 9.71. The number of rotatable bonds is 5. The van der Waals surface area contributed by atoms with Crippen molar-refractivity contribution in [2.24, 2.45) is 5.41 Å². The lowest BCUT2D eigenvalue weighted by atomic mass is 9.74. The number of nitrogens with one attached hydrogen (secondary N) is 1. The van der Waals surface area contributed by atoms with Crippen LogP contribution in [0.4, 0.5) is 9.80 Å². The first-order valence-corrected chi connectivity index (χ1v) is 16.1. The highest BCUT2D eigenvalue weighted by atomic mass is 32.1. The summed E-state index contributed by atoms with van der Waals surface area (Å²) < 4.78 is 16.0. The van der Waals surface area contributed by atoms with Crippen LogP contribution in [0.3, 0.4) is 0 Å². The van der Waals surface area contributed by atoms with E-state index in [9.17, 15) is 19.2 Å². The highest BCUT2D eigenvalue weighted by Gasteiger charge is 2.54. The fourth-order valence-corrected chi connectivity index (χ4v) is 7.79. The van der Waals surface area contributed by atoms with Gasteiger partial charge >= 0.3 is 18.0 Å². The zero-order valence-electron chi connectivity index (χ0n) is 26.5. The molecule has 5 rings (SSSR count). The number of benzene rings is 1. The number of cyclic esters (lactones) is 1. The number of amides is 2. The third kappa shape index (κ3) is 6.94. The van der Waals surface area contributed by atoms with Crippen molar-refractivity contribution in [2.75, 3.05) is 38.6 Å². The van der Waals surface area contributed by atoms with E-state index in [1.807, 2.05) is 18.7 Å². The molecule has 1 aromatic heterocycles. The highest BCUT2D eigenvalue weighted by molar-refractivity contribution is 7.20. The molecule has 1 N–H and O–H groups in total. The molecule has 3 saturated heterocycles. The Bertz CT molecular complexity index is 1420. The van der Waals surface area contributed by atoms with E-state index < -0.39 is 28.7 Å². The van der Waals surface area contributed by atoms with E-state index in [1.54, 1.807) is 51.1 Å². The Balaban J connectivity index is 1.30. The number of methoxy groups -OCH3 is 1. The third-order valence-electron chi connectivity index (χ3n) is 8.61. The second-order valence-electron chi connectivity index (χ2n) is 13.8. The summed E-state index contributed by atoms with van der Waals surface area (Å²) in [4.78, 5) is 56.5. The summed E-state index contributed by atoms with van der Waals surface area (Å²) in [5.74, 6) is -0.654. The van der Waals surface area contributed by atoms with Gasteiger partial charge in [0, 0.05) is 37.0 Å². The summed E-state index contributed by atoms with van der Waals surface area (Å²) in [6.07, 6.45) is 3.55. The van der Waals surface area contributed by atoms with E-state index in [0.717, 1.165) is 49.1 Å². The van der Waals surface area contributed by atoms with Crippen LogP contribution in [0.15, 0.2) is 30.3 Å². The molecule has 0 bridgehead atoms. The van der Waals surface area contributed by atoms with Crippen molar-refractivity contribution >= 4 is 40.3 Å². The zero-order valence-corrected chi connectivity index (χ0v) is 27.3. The van der Waals surface area contributed by atoms with Gasteiger partial charge in [-0.25, -0.2) is 9.59 Å². The van der Waals surface area contributed by atoms with Gasteiger partial charge in [0.1, 0.15) is 16.2 Å². The van der Waals surface area contributed by atoms with Gasteiger partial charge in [-0.1, -0.05) is 12.1 Å². The topological polar surface area (TPSA) is 114 Å². The first kappa shape index (κ1) is 32.0. The Labute approximate surface area is 263 Å². The molecule has 1 atom stereocenters. The molecule has 3 aliphatic heterocycles. The predicted octanol–water partition coefficient (Wildman–Crippen LogP) is 5.96. The minimum absolute atomic E-state index is 0.0713. The molecule has 0 saturated carbocycles. The van der Waals surface area contributed by atoms with Gasteiger partial charge in [-0.2, -0.15) is 0 Å². The monoisotopic (exact) mass is 625 g/mol. The molecule has 3 aliphatic rings. The van der Waals surface area contributed by atoms with Crippen LogP contribution in [0.1, 0.15) is 87.4 Å². The molecule has 11 heteroatoms. The first-order chi connectivity index (χ1) is 20.7. The quantitative estimate of drug-likeness (QED) is 0.320. The number of esters is 2. The lowest BCUT2D eigenvalue weighted by molar-refractivity contribution is -0.154. The van der Waals surface area contributed by atoms with Crippen LogP contribution in [0.25, 0.3) is 10.4 Å². The second kappa shape index (κ2) is 12.2. The van der Waals surface area contributed by atoms with E-state index in [1.165, 1.54) is 18.4 Å². The Morgan fingerprint density at radius 1 is 1.07 bits per heavy atom. The van der Waals surface area contributed by atoms with Crippen molar-refractivity contribution < 1.29 is 33.4 Å². The number of ether oxygens (including phenoxy) is 3. The molecule has 3 fully saturated rings. The van der Waals surface area contributed by atoms with Crippen LogP contribution < -0.4 is 5.32 Å². The maximum atomic E-state index is 13.9. The molecule has 0 aliphatic carbocycles. The van der Waals surface area contributed by atoms with Crippen molar-refractivity contribution in [1.29, 1.82) is 0 Å². The molecule has 10 nitrogen and oxygen atoms in total. The van der Waals surface area contributed by atoms with E-state index >= 15 is 0 Å². The molecule has 2 amide bonds. The second-order valence-corrected chi connectivity index (χ2v) is 14.8. The van der Waals surface area contributed by atoms with E-state index in [4.69, 9.17) is 14.2 Å². The summed E-state index contributed by atoms with van der Waals surface area (Å²) in [5.41, 5.74) is 0.0764. The zero-order chi connectivity index (χ0) is 31.9. The number of nitrogens with zero attached hydrogens (tertiary/aromatic N) is 2. The number of anilines is 1. The van der Waals surface area contributed by atoms with Gasteiger partial charge in [-0.15, -0.1) is 11.3 Å². The molecule has 44 heavy (non-hydrogen) atoms. The fourth-order valence-electron chi connectivity index (χ4n) is 6.75. The maximum absolute atomic E-state index is 13.9. The maximum Gasteiger partial charge on any atom is 0.412 e. The lowest BCUT2D eigenvalue weighted by Crippen LogP contribution is -2.53. The first-order valence-electron chi connectivity index (χ1n) is 15.3. The van der Waals surface area contributed by atoms with E-state index in [-0.39, 0.29) is 11.9 Å². The summed E-state index contributed by atoms with van der Waals surface area (Å²) in [6, 6.07) is 9.01. The molecule has 1 spiro atoms. The van der Waals surface area contributed by atoms with E-state index in [0.29, 0.717) is 41.8 Å².